The third-order valence-electron chi connectivity index (χ3n) is 3.94. The number of hydrogen-bond donors (Lipinski definition) is 2. The molecule has 1 aliphatic rings. The largest absolute Gasteiger partial charge is 0.324 e. The first-order chi connectivity index (χ1) is 8.85. The second-order valence-corrected chi connectivity index (χ2v) is 4.97. The van der Waals surface area contributed by atoms with Crippen molar-refractivity contribution in [2.24, 2.45) is 5.73 Å². The molecule has 1 heterocycles. The van der Waals surface area contributed by atoms with Crippen LogP contribution in [0, 0.1) is 0 Å². The van der Waals surface area contributed by atoms with E-state index < -0.39 is 0 Å². The Morgan fingerprint density at radius 1 is 1.17 bits per heavy atom. The molecule has 0 bridgehead atoms. The van der Waals surface area contributed by atoms with E-state index in [1.807, 2.05) is 0 Å². The van der Waals surface area contributed by atoms with Gasteiger partial charge in [-0.1, -0.05) is 43.2 Å². The van der Waals surface area contributed by atoms with E-state index in [1.54, 1.807) is 0 Å². The summed E-state index contributed by atoms with van der Waals surface area (Å²) in [6.45, 7) is 0.415. The standard InChI is InChI=1S/C14H18N4/c15-10-12-16-13(18-17-12)14(8-4-5-9-14)11-6-2-1-3-7-11/h1-3,6-7H,4-5,8-10,15H2,(H,16,17,18). The van der Waals surface area contributed by atoms with Crippen molar-refractivity contribution in [3.05, 3.63) is 47.5 Å². The average Bonchev–Trinajstić information content (AvgIpc) is 3.09. The minimum absolute atomic E-state index is 0.00875. The highest BCUT2D eigenvalue weighted by Crippen LogP contribution is 2.44. The quantitative estimate of drug-likeness (QED) is 0.866. The highest BCUT2D eigenvalue weighted by molar-refractivity contribution is 5.34. The van der Waals surface area contributed by atoms with E-state index in [0.29, 0.717) is 6.54 Å². The lowest BCUT2D eigenvalue weighted by atomic mass is 9.78. The number of rotatable bonds is 3. The molecule has 4 heteroatoms. The number of nitrogens with zero attached hydrogens (tertiary/aromatic N) is 2. The zero-order valence-corrected chi connectivity index (χ0v) is 10.4. The second kappa shape index (κ2) is 4.53. The van der Waals surface area contributed by atoms with Crippen molar-refractivity contribution in [3.8, 4) is 0 Å². The molecule has 0 aliphatic heterocycles. The Balaban J connectivity index is 2.06. The van der Waals surface area contributed by atoms with E-state index >= 15 is 0 Å². The number of aromatic amines is 1. The van der Waals surface area contributed by atoms with Gasteiger partial charge in [-0.05, 0) is 18.4 Å². The molecule has 0 spiro atoms. The van der Waals surface area contributed by atoms with Crippen LogP contribution in [0.1, 0.15) is 42.9 Å². The smallest absolute Gasteiger partial charge is 0.161 e. The summed E-state index contributed by atoms with van der Waals surface area (Å²) in [6, 6.07) is 10.6. The molecule has 18 heavy (non-hydrogen) atoms. The van der Waals surface area contributed by atoms with Gasteiger partial charge >= 0.3 is 0 Å². The van der Waals surface area contributed by atoms with E-state index in [9.17, 15) is 0 Å². The molecule has 4 nitrogen and oxygen atoms in total. The van der Waals surface area contributed by atoms with Crippen LogP contribution in [0.5, 0.6) is 0 Å². The van der Waals surface area contributed by atoms with Gasteiger partial charge in [0, 0.05) is 0 Å². The number of nitrogens with two attached hydrogens (primary N) is 1. The molecule has 0 radical (unpaired) electrons. The van der Waals surface area contributed by atoms with Crippen LogP contribution in [0.2, 0.25) is 0 Å². The summed E-state index contributed by atoms with van der Waals surface area (Å²) in [4.78, 5) is 4.57. The van der Waals surface area contributed by atoms with Crippen LogP contribution in [-0.2, 0) is 12.0 Å². The number of aromatic nitrogens is 3. The summed E-state index contributed by atoms with van der Waals surface area (Å²) >= 11 is 0. The topological polar surface area (TPSA) is 67.6 Å². The number of benzene rings is 1. The van der Waals surface area contributed by atoms with Crippen LogP contribution >= 0.6 is 0 Å². The van der Waals surface area contributed by atoms with Crippen LogP contribution in [0.4, 0.5) is 0 Å². The maximum Gasteiger partial charge on any atom is 0.161 e. The predicted octanol–water partition coefficient (Wildman–Crippen LogP) is 2.12. The number of H-pyrrole nitrogens is 1. The Hall–Kier alpha value is -1.68. The highest BCUT2D eigenvalue weighted by atomic mass is 15.2. The predicted molar refractivity (Wildman–Crippen MR) is 70.0 cm³/mol. The Labute approximate surface area is 107 Å². The zero-order chi connectivity index (χ0) is 12.4. The monoisotopic (exact) mass is 242 g/mol. The molecule has 1 aliphatic carbocycles. The van der Waals surface area contributed by atoms with Gasteiger partial charge in [0.2, 0.25) is 0 Å². The molecule has 0 atom stereocenters. The zero-order valence-electron chi connectivity index (χ0n) is 10.4. The van der Waals surface area contributed by atoms with Gasteiger partial charge in [-0.15, -0.1) is 0 Å². The van der Waals surface area contributed by atoms with E-state index in [-0.39, 0.29) is 5.41 Å². The normalized spacial score (nSPS) is 18.1. The molecule has 1 aromatic heterocycles. The first-order valence-corrected chi connectivity index (χ1v) is 6.52. The van der Waals surface area contributed by atoms with E-state index in [1.165, 1.54) is 18.4 Å². The van der Waals surface area contributed by atoms with E-state index in [0.717, 1.165) is 24.5 Å². The molecular weight excluding hydrogens is 224 g/mol. The molecule has 3 N–H and O–H groups in total. The fraction of sp³-hybridized carbons (Fsp3) is 0.429. The fourth-order valence-corrected chi connectivity index (χ4v) is 2.98. The SMILES string of the molecule is NCc1nc(C2(c3ccccc3)CCCC2)n[nH]1. The minimum atomic E-state index is -0.00875. The van der Waals surface area contributed by atoms with Gasteiger partial charge in [0.25, 0.3) is 0 Å². The lowest BCUT2D eigenvalue weighted by molar-refractivity contribution is 0.501. The summed E-state index contributed by atoms with van der Waals surface area (Å²) in [5, 5.41) is 7.34. The maximum absolute atomic E-state index is 5.61. The summed E-state index contributed by atoms with van der Waals surface area (Å²) in [7, 11) is 0. The Morgan fingerprint density at radius 2 is 1.89 bits per heavy atom. The molecule has 0 amide bonds. The molecule has 94 valence electrons. The third-order valence-corrected chi connectivity index (χ3v) is 3.94. The molecule has 1 fully saturated rings. The minimum Gasteiger partial charge on any atom is -0.324 e. The summed E-state index contributed by atoms with van der Waals surface area (Å²) < 4.78 is 0. The molecule has 1 aromatic carbocycles. The summed E-state index contributed by atoms with van der Waals surface area (Å²) in [5.41, 5.74) is 6.93. The van der Waals surface area contributed by atoms with Gasteiger partial charge in [-0.2, -0.15) is 5.10 Å². The second-order valence-electron chi connectivity index (χ2n) is 4.97. The molecule has 3 rings (SSSR count). The highest BCUT2D eigenvalue weighted by Gasteiger charge is 2.40. The van der Waals surface area contributed by atoms with Crippen molar-refractivity contribution >= 4 is 0 Å². The van der Waals surface area contributed by atoms with Crippen molar-refractivity contribution in [1.29, 1.82) is 0 Å². The van der Waals surface area contributed by atoms with E-state index in [2.05, 4.69) is 45.5 Å². The Morgan fingerprint density at radius 3 is 2.50 bits per heavy atom. The third kappa shape index (κ3) is 1.73. The van der Waals surface area contributed by atoms with Crippen molar-refractivity contribution in [2.45, 2.75) is 37.6 Å². The van der Waals surface area contributed by atoms with Crippen molar-refractivity contribution < 1.29 is 0 Å². The number of hydrogen-bond acceptors (Lipinski definition) is 3. The van der Waals surface area contributed by atoms with Crippen molar-refractivity contribution in [1.82, 2.24) is 15.2 Å². The van der Waals surface area contributed by atoms with Gasteiger partial charge in [0.05, 0.1) is 12.0 Å². The van der Waals surface area contributed by atoms with Crippen LogP contribution in [0.3, 0.4) is 0 Å². The molecule has 0 saturated heterocycles. The fourth-order valence-electron chi connectivity index (χ4n) is 2.98. The van der Waals surface area contributed by atoms with Gasteiger partial charge in [0.1, 0.15) is 5.82 Å². The van der Waals surface area contributed by atoms with Crippen LogP contribution in [0.15, 0.2) is 30.3 Å². The van der Waals surface area contributed by atoms with Crippen LogP contribution in [0.25, 0.3) is 0 Å². The van der Waals surface area contributed by atoms with Crippen molar-refractivity contribution in [3.63, 3.8) is 0 Å². The van der Waals surface area contributed by atoms with Gasteiger partial charge < -0.3 is 5.73 Å². The van der Waals surface area contributed by atoms with Gasteiger partial charge in [-0.25, -0.2) is 4.98 Å². The van der Waals surface area contributed by atoms with Gasteiger partial charge in [0.15, 0.2) is 5.82 Å². The molecular formula is C14H18N4. The lowest BCUT2D eigenvalue weighted by Crippen LogP contribution is -2.25. The molecule has 0 unspecified atom stereocenters. The van der Waals surface area contributed by atoms with Gasteiger partial charge in [-0.3, -0.25) is 5.10 Å². The van der Waals surface area contributed by atoms with Crippen molar-refractivity contribution in [2.75, 3.05) is 0 Å². The molecule has 1 saturated carbocycles. The van der Waals surface area contributed by atoms with Crippen LogP contribution in [-0.4, -0.2) is 15.2 Å². The number of nitrogens with one attached hydrogen (secondary N) is 1. The molecule has 2 aromatic rings. The average molecular weight is 242 g/mol. The lowest BCUT2D eigenvalue weighted by Gasteiger charge is -2.26. The Kier molecular flexibility index (Phi) is 2.88. The van der Waals surface area contributed by atoms with Crippen LogP contribution < -0.4 is 5.73 Å². The maximum atomic E-state index is 5.61. The summed E-state index contributed by atoms with van der Waals surface area (Å²) in [5.74, 6) is 1.68. The first-order valence-electron chi connectivity index (χ1n) is 6.52. The Bertz CT molecular complexity index is 512. The van der Waals surface area contributed by atoms with E-state index in [4.69, 9.17) is 5.73 Å². The summed E-state index contributed by atoms with van der Waals surface area (Å²) in [6.07, 6.45) is 4.72. The first kappa shape index (κ1) is 11.4.